The molecule has 1 aromatic carbocycles. The summed E-state index contributed by atoms with van der Waals surface area (Å²) in [7, 11) is 0. The van der Waals surface area contributed by atoms with Crippen LogP contribution >= 0.6 is 15.9 Å². The number of halogens is 1. The molecule has 0 radical (unpaired) electrons. The summed E-state index contributed by atoms with van der Waals surface area (Å²) < 4.78 is 2.20. The van der Waals surface area contributed by atoms with Crippen molar-refractivity contribution in [1.82, 2.24) is 9.78 Å². The zero-order valence-corrected chi connectivity index (χ0v) is 13.8. The third-order valence-electron chi connectivity index (χ3n) is 3.31. The number of nitrogens with zero attached hydrogens (tertiary/aromatic N) is 2. The molecule has 0 aliphatic heterocycles. The number of benzene rings is 1. The Kier molecular flexibility index (Phi) is 4.65. The molecule has 6 nitrogen and oxygen atoms in total. The summed E-state index contributed by atoms with van der Waals surface area (Å²) in [6, 6.07) is 9.09. The molecular formula is C15H16BrN3O3. The fourth-order valence-corrected chi connectivity index (χ4v) is 2.19. The zero-order valence-electron chi connectivity index (χ0n) is 12.2. The molecule has 0 atom stereocenters. The number of aromatic nitrogens is 2. The van der Waals surface area contributed by atoms with E-state index in [1.165, 1.54) is 10.9 Å². The lowest BCUT2D eigenvalue weighted by atomic mass is 9.84. The molecule has 0 unspecified atom stereocenters. The van der Waals surface area contributed by atoms with E-state index >= 15 is 0 Å². The van der Waals surface area contributed by atoms with Gasteiger partial charge in [0.1, 0.15) is 6.54 Å². The number of nitrogens with one attached hydrogen (secondary N) is 1. The molecule has 1 amide bonds. The van der Waals surface area contributed by atoms with Gasteiger partial charge in [-0.3, -0.25) is 14.3 Å². The van der Waals surface area contributed by atoms with Crippen molar-refractivity contribution in [2.45, 2.75) is 25.8 Å². The topological polar surface area (TPSA) is 84.2 Å². The van der Waals surface area contributed by atoms with Crippen molar-refractivity contribution in [3.63, 3.8) is 0 Å². The SMILES string of the molecule is CC(C)(C(=O)Nc1ccn(CC(=O)O)n1)c1ccc(Br)cc1. The van der Waals surface area contributed by atoms with E-state index in [1.807, 2.05) is 38.1 Å². The third-order valence-corrected chi connectivity index (χ3v) is 3.84. The second kappa shape index (κ2) is 6.31. The number of aliphatic carboxylic acids is 1. The number of hydrogen-bond acceptors (Lipinski definition) is 3. The van der Waals surface area contributed by atoms with E-state index in [0.717, 1.165) is 10.0 Å². The smallest absolute Gasteiger partial charge is 0.325 e. The lowest BCUT2D eigenvalue weighted by Crippen LogP contribution is -2.34. The van der Waals surface area contributed by atoms with Gasteiger partial charge in [-0.15, -0.1) is 0 Å². The van der Waals surface area contributed by atoms with E-state index in [9.17, 15) is 9.59 Å². The molecule has 0 saturated heterocycles. The van der Waals surface area contributed by atoms with Crippen molar-refractivity contribution in [3.05, 3.63) is 46.6 Å². The Morgan fingerprint density at radius 1 is 1.27 bits per heavy atom. The molecule has 22 heavy (non-hydrogen) atoms. The van der Waals surface area contributed by atoms with E-state index < -0.39 is 11.4 Å². The van der Waals surface area contributed by atoms with Crippen LogP contribution in [0.5, 0.6) is 0 Å². The summed E-state index contributed by atoms with van der Waals surface area (Å²) in [4.78, 5) is 23.1. The molecular weight excluding hydrogens is 350 g/mol. The van der Waals surface area contributed by atoms with Crippen LogP contribution in [0.2, 0.25) is 0 Å². The van der Waals surface area contributed by atoms with E-state index in [0.29, 0.717) is 5.82 Å². The molecule has 0 spiro atoms. The Hall–Kier alpha value is -2.15. The van der Waals surface area contributed by atoms with Crippen molar-refractivity contribution in [1.29, 1.82) is 0 Å². The summed E-state index contributed by atoms with van der Waals surface area (Å²) in [5.41, 5.74) is 0.134. The Morgan fingerprint density at radius 2 is 1.91 bits per heavy atom. The first kappa shape index (κ1) is 16.2. The largest absolute Gasteiger partial charge is 0.480 e. The molecule has 0 fully saturated rings. The second-order valence-electron chi connectivity index (χ2n) is 5.38. The average molecular weight is 366 g/mol. The van der Waals surface area contributed by atoms with Gasteiger partial charge in [-0.05, 0) is 31.5 Å². The Bertz CT molecular complexity index is 692. The minimum Gasteiger partial charge on any atom is -0.480 e. The lowest BCUT2D eigenvalue weighted by Gasteiger charge is -2.23. The van der Waals surface area contributed by atoms with Crippen LogP contribution in [0.15, 0.2) is 41.0 Å². The molecule has 7 heteroatoms. The summed E-state index contributed by atoms with van der Waals surface area (Å²) in [5, 5.41) is 15.4. The van der Waals surface area contributed by atoms with E-state index in [1.54, 1.807) is 6.07 Å². The van der Waals surface area contributed by atoms with Crippen LogP contribution in [0.3, 0.4) is 0 Å². The first-order valence-electron chi connectivity index (χ1n) is 6.62. The average Bonchev–Trinajstić information content (AvgIpc) is 2.85. The highest BCUT2D eigenvalue weighted by molar-refractivity contribution is 9.10. The number of rotatable bonds is 5. The minimum atomic E-state index is -0.990. The molecule has 0 aliphatic rings. The van der Waals surface area contributed by atoms with Crippen LogP contribution in [-0.4, -0.2) is 26.8 Å². The number of anilines is 1. The highest BCUT2D eigenvalue weighted by Gasteiger charge is 2.30. The maximum Gasteiger partial charge on any atom is 0.325 e. The minimum absolute atomic E-state index is 0.213. The van der Waals surface area contributed by atoms with E-state index in [4.69, 9.17) is 5.11 Å². The summed E-state index contributed by atoms with van der Waals surface area (Å²) in [6.45, 7) is 3.39. The van der Waals surface area contributed by atoms with Crippen molar-refractivity contribution < 1.29 is 14.7 Å². The van der Waals surface area contributed by atoms with Gasteiger partial charge in [0.05, 0.1) is 5.41 Å². The Labute approximate surface area is 136 Å². The van der Waals surface area contributed by atoms with Gasteiger partial charge in [-0.2, -0.15) is 5.10 Å². The predicted octanol–water partition coefficient (Wildman–Crippen LogP) is 2.65. The van der Waals surface area contributed by atoms with Gasteiger partial charge >= 0.3 is 5.97 Å². The monoisotopic (exact) mass is 365 g/mol. The van der Waals surface area contributed by atoms with Gasteiger partial charge in [0.2, 0.25) is 5.91 Å². The fraction of sp³-hybridized carbons (Fsp3) is 0.267. The number of carboxylic acid groups (broad SMARTS) is 1. The normalized spacial score (nSPS) is 11.2. The molecule has 2 N–H and O–H groups in total. The van der Waals surface area contributed by atoms with Gasteiger partial charge in [0, 0.05) is 16.7 Å². The number of carbonyl (C=O) groups excluding carboxylic acids is 1. The van der Waals surface area contributed by atoms with Gasteiger partial charge in [-0.25, -0.2) is 0 Å². The third kappa shape index (κ3) is 3.73. The quantitative estimate of drug-likeness (QED) is 0.852. The first-order valence-corrected chi connectivity index (χ1v) is 7.41. The highest BCUT2D eigenvalue weighted by Crippen LogP contribution is 2.26. The van der Waals surface area contributed by atoms with Gasteiger partial charge in [0.15, 0.2) is 5.82 Å². The number of hydrogen-bond donors (Lipinski definition) is 2. The summed E-state index contributed by atoms with van der Waals surface area (Å²) >= 11 is 3.36. The van der Waals surface area contributed by atoms with Crippen LogP contribution in [-0.2, 0) is 21.5 Å². The number of carbonyl (C=O) groups is 2. The van der Waals surface area contributed by atoms with Crippen LogP contribution < -0.4 is 5.32 Å². The van der Waals surface area contributed by atoms with Crippen molar-refractivity contribution in [2.24, 2.45) is 0 Å². The van der Waals surface area contributed by atoms with E-state index in [2.05, 4.69) is 26.3 Å². The van der Waals surface area contributed by atoms with Crippen LogP contribution in [0.25, 0.3) is 0 Å². The maximum atomic E-state index is 12.5. The Morgan fingerprint density at radius 3 is 2.50 bits per heavy atom. The Balaban J connectivity index is 2.11. The predicted molar refractivity (Wildman–Crippen MR) is 85.7 cm³/mol. The fourth-order valence-electron chi connectivity index (χ4n) is 1.93. The van der Waals surface area contributed by atoms with Crippen LogP contribution in [0.1, 0.15) is 19.4 Å². The van der Waals surface area contributed by atoms with Gasteiger partial charge in [-0.1, -0.05) is 28.1 Å². The number of carboxylic acids is 1. The van der Waals surface area contributed by atoms with E-state index in [-0.39, 0.29) is 12.5 Å². The van der Waals surface area contributed by atoms with Crippen LogP contribution in [0, 0.1) is 0 Å². The molecule has 0 saturated carbocycles. The van der Waals surface area contributed by atoms with Crippen molar-refractivity contribution in [2.75, 3.05) is 5.32 Å². The standard InChI is InChI=1S/C15H16BrN3O3/c1-15(2,10-3-5-11(16)6-4-10)14(22)17-12-7-8-19(18-12)9-13(20)21/h3-8H,9H2,1-2H3,(H,20,21)(H,17,18,22). The molecule has 1 aromatic heterocycles. The van der Waals surface area contributed by atoms with Gasteiger partial charge in [0.25, 0.3) is 0 Å². The molecule has 1 heterocycles. The molecule has 2 rings (SSSR count). The van der Waals surface area contributed by atoms with Crippen molar-refractivity contribution in [3.8, 4) is 0 Å². The zero-order chi connectivity index (χ0) is 16.3. The summed E-state index contributed by atoms with van der Waals surface area (Å²) in [5.74, 6) is -0.872. The summed E-state index contributed by atoms with van der Waals surface area (Å²) in [6.07, 6.45) is 1.51. The molecule has 0 aliphatic carbocycles. The first-order chi connectivity index (χ1) is 10.3. The lowest BCUT2D eigenvalue weighted by molar-refractivity contribution is -0.137. The highest BCUT2D eigenvalue weighted by atomic mass is 79.9. The second-order valence-corrected chi connectivity index (χ2v) is 6.29. The molecule has 2 aromatic rings. The van der Waals surface area contributed by atoms with Crippen molar-refractivity contribution >= 4 is 33.6 Å². The molecule has 0 bridgehead atoms. The maximum absolute atomic E-state index is 12.5. The molecule has 116 valence electrons. The number of amides is 1. The van der Waals surface area contributed by atoms with Crippen LogP contribution in [0.4, 0.5) is 5.82 Å². The van der Waals surface area contributed by atoms with Gasteiger partial charge < -0.3 is 10.4 Å².